The van der Waals surface area contributed by atoms with Crippen LogP contribution in [0.4, 0.5) is 0 Å². The molecule has 0 aliphatic heterocycles. The van der Waals surface area contributed by atoms with Gasteiger partial charge < -0.3 is 4.84 Å². The fraction of sp³-hybridized carbons (Fsp3) is 0.188. The molecule has 0 amide bonds. The monoisotopic (exact) mass is 273 g/mol. The number of aryl methyl sites for hydroxylation is 1. The predicted octanol–water partition coefficient (Wildman–Crippen LogP) is 4.69. The van der Waals surface area contributed by atoms with E-state index in [1.165, 1.54) is 11.1 Å². The molecule has 2 nitrogen and oxygen atoms in total. The van der Waals surface area contributed by atoms with Crippen molar-refractivity contribution >= 4 is 17.8 Å². The molecule has 0 spiro atoms. The number of hydrogen-bond donors (Lipinski definition) is 0. The maximum Gasteiger partial charge on any atom is 0.114 e. The number of nitrogens with zero attached hydrogens (tertiary/aromatic N) is 1. The molecular formula is C16H16ClNO. The van der Waals surface area contributed by atoms with Gasteiger partial charge in [0.05, 0.1) is 11.2 Å². The van der Waals surface area contributed by atoms with E-state index in [2.05, 4.69) is 24.2 Å². The minimum absolute atomic E-state index is 0.551. The summed E-state index contributed by atoms with van der Waals surface area (Å²) in [6.45, 7) is 4.53. The van der Waals surface area contributed by atoms with Crippen molar-refractivity contribution in [2.75, 3.05) is 6.61 Å². The summed E-state index contributed by atoms with van der Waals surface area (Å²) >= 11 is 6.26. The van der Waals surface area contributed by atoms with Crippen molar-refractivity contribution in [1.29, 1.82) is 0 Å². The van der Waals surface area contributed by atoms with Crippen LogP contribution in [0.25, 0.3) is 11.1 Å². The number of halogens is 1. The summed E-state index contributed by atoms with van der Waals surface area (Å²) in [7, 11) is 0. The first-order valence-corrected chi connectivity index (χ1v) is 6.61. The first kappa shape index (κ1) is 13.6. The summed E-state index contributed by atoms with van der Waals surface area (Å²) in [6.07, 6.45) is 1.63. The summed E-state index contributed by atoms with van der Waals surface area (Å²) in [5.41, 5.74) is 4.39. The Morgan fingerprint density at radius 1 is 1.21 bits per heavy atom. The van der Waals surface area contributed by atoms with Crippen LogP contribution in [-0.2, 0) is 4.84 Å². The molecule has 0 atom stereocenters. The highest BCUT2D eigenvalue weighted by Crippen LogP contribution is 2.27. The second-order valence-electron chi connectivity index (χ2n) is 4.20. The number of oxime groups is 1. The molecule has 0 aliphatic rings. The maximum atomic E-state index is 6.26. The Kier molecular flexibility index (Phi) is 4.58. The first-order valence-electron chi connectivity index (χ1n) is 6.23. The van der Waals surface area contributed by atoms with E-state index in [9.17, 15) is 0 Å². The highest BCUT2D eigenvalue weighted by molar-refractivity contribution is 6.33. The van der Waals surface area contributed by atoms with Gasteiger partial charge in [0.2, 0.25) is 0 Å². The lowest BCUT2D eigenvalue weighted by Crippen LogP contribution is -1.88. The molecule has 3 heteroatoms. The largest absolute Gasteiger partial charge is 0.396 e. The fourth-order valence-electron chi connectivity index (χ4n) is 1.86. The van der Waals surface area contributed by atoms with E-state index in [1.54, 1.807) is 6.21 Å². The molecule has 2 aromatic rings. The van der Waals surface area contributed by atoms with Crippen LogP contribution in [0.15, 0.2) is 47.6 Å². The molecule has 0 N–H and O–H groups in total. The highest BCUT2D eigenvalue weighted by Gasteiger charge is 2.04. The van der Waals surface area contributed by atoms with Crippen molar-refractivity contribution in [3.63, 3.8) is 0 Å². The summed E-state index contributed by atoms with van der Waals surface area (Å²) in [5.74, 6) is 0. The Morgan fingerprint density at radius 2 is 2.00 bits per heavy atom. The van der Waals surface area contributed by atoms with Crippen molar-refractivity contribution in [2.45, 2.75) is 13.8 Å². The Hall–Kier alpha value is -1.80. The van der Waals surface area contributed by atoms with Crippen molar-refractivity contribution < 1.29 is 4.84 Å². The minimum Gasteiger partial charge on any atom is -0.396 e. The Balaban J connectivity index is 2.31. The third-order valence-electron chi connectivity index (χ3n) is 2.85. The lowest BCUT2D eigenvalue weighted by Gasteiger charge is -2.07. The van der Waals surface area contributed by atoms with Gasteiger partial charge in [0.25, 0.3) is 0 Å². The van der Waals surface area contributed by atoms with E-state index in [0.717, 1.165) is 11.1 Å². The number of benzene rings is 2. The van der Waals surface area contributed by atoms with Gasteiger partial charge in [-0.1, -0.05) is 53.2 Å². The van der Waals surface area contributed by atoms with Gasteiger partial charge >= 0.3 is 0 Å². The van der Waals surface area contributed by atoms with Gasteiger partial charge in [-0.25, -0.2) is 0 Å². The molecule has 0 saturated carbocycles. The zero-order valence-corrected chi connectivity index (χ0v) is 11.8. The molecule has 2 rings (SSSR count). The Bertz CT molecular complexity index is 593. The van der Waals surface area contributed by atoms with E-state index in [4.69, 9.17) is 16.4 Å². The fourth-order valence-corrected chi connectivity index (χ4v) is 2.09. The van der Waals surface area contributed by atoms with Crippen LogP contribution in [0.1, 0.15) is 18.1 Å². The molecule has 0 radical (unpaired) electrons. The van der Waals surface area contributed by atoms with Gasteiger partial charge in [0.15, 0.2) is 0 Å². The average Bonchev–Trinajstić information content (AvgIpc) is 2.41. The van der Waals surface area contributed by atoms with Gasteiger partial charge in [-0.3, -0.25) is 0 Å². The van der Waals surface area contributed by atoms with Crippen LogP contribution < -0.4 is 0 Å². The highest BCUT2D eigenvalue weighted by atomic mass is 35.5. The van der Waals surface area contributed by atoms with Crippen LogP contribution in [0, 0.1) is 6.92 Å². The van der Waals surface area contributed by atoms with Gasteiger partial charge in [0.1, 0.15) is 6.61 Å². The molecule has 0 bridgehead atoms. The predicted molar refractivity (Wildman–Crippen MR) is 80.8 cm³/mol. The van der Waals surface area contributed by atoms with Crippen LogP contribution in [-0.4, -0.2) is 12.8 Å². The molecule has 0 saturated heterocycles. The third-order valence-corrected chi connectivity index (χ3v) is 3.18. The summed E-state index contributed by atoms with van der Waals surface area (Å²) < 4.78 is 0. The van der Waals surface area contributed by atoms with E-state index >= 15 is 0 Å². The lowest BCUT2D eigenvalue weighted by atomic mass is 10.00. The second kappa shape index (κ2) is 6.39. The summed E-state index contributed by atoms with van der Waals surface area (Å²) in [6, 6.07) is 14.2. The Labute approximate surface area is 118 Å². The molecule has 0 unspecified atom stereocenters. The minimum atomic E-state index is 0.551. The molecule has 0 aromatic heterocycles. The van der Waals surface area contributed by atoms with Crippen molar-refractivity contribution in [3.05, 3.63) is 58.6 Å². The van der Waals surface area contributed by atoms with Crippen molar-refractivity contribution in [3.8, 4) is 11.1 Å². The molecule has 0 aliphatic carbocycles. The van der Waals surface area contributed by atoms with Crippen LogP contribution >= 0.6 is 11.6 Å². The van der Waals surface area contributed by atoms with E-state index in [-0.39, 0.29) is 0 Å². The van der Waals surface area contributed by atoms with Crippen molar-refractivity contribution in [1.82, 2.24) is 0 Å². The quantitative estimate of drug-likeness (QED) is 0.585. The lowest BCUT2D eigenvalue weighted by molar-refractivity contribution is 0.160. The van der Waals surface area contributed by atoms with Gasteiger partial charge in [0, 0.05) is 5.56 Å². The standard InChI is InChI=1S/C16H16ClNO/c1-3-19-18-11-14-9-8-13(10-16(14)17)15-7-5-4-6-12(15)2/h4-11H,3H2,1-2H3/b18-11+. The zero-order chi connectivity index (χ0) is 13.7. The van der Waals surface area contributed by atoms with Gasteiger partial charge in [-0.2, -0.15) is 0 Å². The summed E-state index contributed by atoms with van der Waals surface area (Å²) in [5, 5.41) is 4.50. The van der Waals surface area contributed by atoms with Crippen molar-refractivity contribution in [2.24, 2.45) is 5.16 Å². The van der Waals surface area contributed by atoms with Gasteiger partial charge in [-0.15, -0.1) is 0 Å². The van der Waals surface area contributed by atoms with Crippen LogP contribution in [0.2, 0.25) is 5.02 Å². The molecule has 19 heavy (non-hydrogen) atoms. The zero-order valence-electron chi connectivity index (χ0n) is 11.1. The second-order valence-corrected chi connectivity index (χ2v) is 4.61. The van der Waals surface area contributed by atoms with Crippen LogP contribution in [0.3, 0.4) is 0 Å². The van der Waals surface area contributed by atoms with E-state index < -0.39 is 0 Å². The molecule has 0 heterocycles. The van der Waals surface area contributed by atoms with Gasteiger partial charge in [-0.05, 0) is 36.6 Å². The smallest absolute Gasteiger partial charge is 0.114 e. The molecule has 98 valence electrons. The number of hydrogen-bond acceptors (Lipinski definition) is 2. The van der Waals surface area contributed by atoms with E-state index in [0.29, 0.717) is 11.6 Å². The van der Waals surface area contributed by atoms with Crippen LogP contribution in [0.5, 0.6) is 0 Å². The normalized spacial score (nSPS) is 10.9. The molecule has 0 fully saturated rings. The third kappa shape index (κ3) is 3.36. The number of rotatable bonds is 4. The maximum absolute atomic E-state index is 6.26. The topological polar surface area (TPSA) is 21.6 Å². The Morgan fingerprint density at radius 3 is 2.68 bits per heavy atom. The van der Waals surface area contributed by atoms with E-state index in [1.807, 2.05) is 37.3 Å². The molecular weight excluding hydrogens is 258 g/mol. The summed E-state index contributed by atoms with van der Waals surface area (Å²) in [4.78, 5) is 4.94. The average molecular weight is 274 g/mol. The SMILES string of the molecule is CCO/N=C/c1ccc(-c2ccccc2C)cc1Cl. The first-order chi connectivity index (χ1) is 9.22. The molecule has 2 aromatic carbocycles.